The molecule has 1 aliphatic heterocycles. The zero-order valence-corrected chi connectivity index (χ0v) is 15.0. The van der Waals surface area contributed by atoms with Gasteiger partial charge < -0.3 is 15.0 Å². The Labute approximate surface area is 150 Å². The van der Waals surface area contributed by atoms with E-state index in [0.717, 1.165) is 22.2 Å². The van der Waals surface area contributed by atoms with E-state index in [2.05, 4.69) is 5.32 Å². The Bertz CT molecular complexity index is 1130. The average molecular weight is 348 g/mol. The molecular weight excluding hydrogens is 328 g/mol. The lowest BCUT2D eigenvalue weighted by Gasteiger charge is -2.15. The van der Waals surface area contributed by atoms with Crippen molar-refractivity contribution in [3.05, 3.63) is 69.0 Å². The van der Waals surface area contributed by atoms with Gasteiger partial charge in [0.1, 0.15) is 11.3 Å². The molecule has 1 unspecified atom stereocenters. The van der Waals surface area contributed by atoms with Crippen molar-refractivity contribution in [3.63, 3.8) is 0 Å². The summed E-state index contributed by atoms with van der Waals surface area (Å²) in [6, 6.07) is 11.1. The highest BCUT2D eigenvalue weighted by Crippen LogP contribution is 2.36. The zero-order chi connectivity index (χ0) is 18.6. The van der Waals surface area contributed by atoms with Gasteiger partial charge in [-0.25, -0.2) is 0 Å². The normalized spacial score (nSPS) is 15.4. The predicted molar refractivity (Wildman–Crippen MR) is 102 cm³/mol. The fourth-order valence-electron chi connectivity index (χ4n) is 3.80. The molecule has 0 saturated heterocycles. The number of pyridine rings is 1. The van der Waals surface area contributed by atoms with E-state index < -0.39 is 11.5 Å². The van der Waals surface area contributed by atoms with Crippen LogP contribution in [0.15, 0.2) is 41.2 Å². The summed E-state index contributed by atoms with van der Waals surface area (Å²) in [5.41, 5.74) is 3.70. The second-order valence-corrected chi connectivity index (χ2v) is 6.97. The van der Waals surface area contributed by atoms with Gasteiger partial charge in [0.15, 0.2) is 0 Å². The van der Waals surface area contributed by atoms with Crippen molar-refractivity contribution in [1.29, 1.82) is 0 Å². The monoisotopic (exact) mass is 348 g/mol. The van der Waals surface area contributed by atoms with Gasteiger partial charge in [0, 0.05) is 17.1 Å². The zero-order valence-electron chi connectivity index (χ0n) is 15.0. The SMILES string of the molecule is Cc1cccc(NC(=O)c2c(O)c3cccc4c3n(c2=O)C(C)C4)c1C. The summed E-state index contributed by atoms with van der Waals surface area (Å²) in [5, 5.41) is 14.0. The van der Waals surface area contributed by atoms with E-state index in [-0.39, 0.29) is 17.4 Å². The number of aryl methyl sites for hydroxylation is 1. The molecule has 0 spiro atoms. The van der Waals surface area contributed by atoms with Crippen molar-refractivity contribution in [2.24, 2.45) is 0 Å². The van der Waals surface area contributed by atoms with Crippen LogP contribution in [0.5, 0.6) is 5.75 Å². The van der Waals surface area contributed by atoms with Crippen LogP contribution in [-0.4, -0.2) is 15.6 Å². The van der Waals surface area contributed by atoms with Crippen molar-refractivity contribution in [1.82, 2.24) is 4.57 Å². The Morgan fingerprint density at radius 3 is 2.69 bits per heavy atom. The minimum atomic E-state index is -0.587. The topological polar surface area (TPSA) is 71.3 Å². The van der Waals surface area contributed by atoms with E-state index in [1.54, 1.807) is 16.7 Å². The number of para-hydroxylation sites is 1. The lowest BCUT2D eigenvalue weighted by atomic mass is 10.1. The molecule has 1 amide bonds. The quantitative estimate of drug-likeness (QED) is 0.742. The molecule has 5 nitrogen and oxygen atoms in total. The van der Waals surface area contributed by atoms with Crippen molar-refractivity contribution in [3.8, 4) is 5.75 Å². The van der Waals surface area contributed by atoms with Crippen LogP contribution in [0.3, 0.4) is 0 Å². The molecule has 3 aromatic rings. The highest BCUT2D eigenvalue weighted by Gasteiger charge is 2.29. The molecule has 2 aromatic carbocycles. The maximum absolute atomic E-state index is 13.0. The third-order valence-electron chi connectivity index (χ3n) is 5.32. The van der Waals surface area contributed by atoms with Crippen LogP contribution in [0.2, 0.25) is 0 Å². The lowest BCUT2D eigenvalue weighted by Crippen LogP contribution is -2.30. The Hall–Kier alpha value is -3.08. The first-order chi connectivity index (χ1) is 12.4. The second kappa shape index (κ2) is 5.73. The lowest BCUT2D eigenvalue weighted by molar-refractivity contribution is 0.102. The van der Waals surface area contributed by atoms with Crippen LogP contribution in [0.4, 0.5) is 5.69 Å². The number of carbonyl (C=O) groups excluding carboxylic acids is 1. The van der Waals surface area contributed by atoms with Gasteiger partial charge in [-0.2, -0.15) is 0 Å². The van der Waals surface area contributed by atoms with Gasteiger partial charge in [0.25, 0.3) is 11.5 Å². The van der Waals surface area contributed by atoms with Gasteiger partial charge in [0.2, 0.25) is 0 Å². The van der Waals surface area contributed by atoms with Crippen LogP contribution >= 0.6 is 0 Å². The Morgan fingerprint density at radius 1 is 1.19 bits per heavy atom. The van der Waals surface area contributed by atoms with Crippen molar-refractivity contribution in [2.75, 3.05) is 5.32 Å². The predicted octanol–water partition coefficient (Wildman–Crippen LogP) is 3.69. The maximum Gasteiger partial charge on any atom is 0.268 e. The molecule has 0 bridgehead atoms. The van der Waals surface area contributed by atoms with Gasteiger partial charge in [-0.3, -0.25) is 9.59 Å². The number of aromatic hydroxyl groups is 1. The number of anilines is 1. The number of benzene rings is 2. The van der Waals surface area contributed by atoms with E-state index in [1.165, 1.54) is 0 Å². The largest absolute Gasteiger partial charge is 0.506 e. The standard InChI is InChI=1S/C21H20N2O3/c1-11-6-4-9-16(13(11)3)22-20(25)17-19(24)15-8-5-7-14-10-12(2)23(18(14)15)21(17)26/h4-9,12,24H,10H2,1-3H3,(H,22,25). The number of rotatable bonds is 2. The summed E-state index contributed by atoms with van der Waals surface area (Å²) in [6.45, 7) is 5.81. The number of nitrogens with one attached hydrogen (secondary N) is 1. The van der Waals surface area contributed by atoms with Crippen molar-refractivity contribution in [2.45, 2.75) is 33.2 Å². The molecule has 0 aliphatic carbocycles. The van der Waals surface area contributed by atoms with E-state index in [9.17, 15) is 14.7 Å². The van der Waals surface area contributed by atoms with Gasteiger partial charge in [0.05, 0.1) is 5.52 Å². The molecule has 1 atom stereocenters. The highest BCUT2D eigenvalue weighted by atomic mass is 16.3. The molecule has 1 aliphatic rings. The minimum Gasteiger partial charge on any atom is -0.506 e. The van der Waals surface area contributed by atoms with Crippen LogP contribution in [-0.2, 0) is 6.42 Å². The van der Waals surface area contributed by atoms with Crippen molar-refractivity contribution >= 4 is 22.5 Å². The van der Waals surface area contributed by atoms with E-state index in [4.69, 9.17) is 0 Å². The summed E-state index contributed by atoms with van der Waals surface area (Å²) in [6.07, 6.45) is 0.716. The summed E-state index contributed by atoms with van der Waals surface area (Å²) in [5.74, 6) is -0.837. The summed E-state index contributed by atoms with van der Waals surface area (Å²) >= 11 is 0. The molecule has 0 saturated carbocycles. The van der Waals surface area contributed by atoms with Crippen LogP contribution in [0.1, 0.15) is 40.0 Å². The maximum atomic E-state index is 13.0. The summed E-state index contributed by atoms with van der Waals surface area (Å²) < 4.78 is 1.63. The summed E-state index contributed by atoms with van der Waals surface area (Å²) in [4.78, 5) is 25.9. The van der Waals surface area contributed by atoms with Gasteiger partial charge >= 0.3 is 0 Å². The van der Waals surface area contributed by atoms with E-state index in [0.29, 0.717) is 17.5 Å². The van der Waals surface area contributed by atoms with Gasteiger partial charge in [-0.15, -0.1) is 0 Å². The molecule has 2 heterocycles. The Kier molecular flexibility index (Phi) is 3.61. The Balaban J connectivity index is 1.89. The smallest absolute Gasteiger partial charge is 0.268 e. The highest BCUT2D eigenvalue weighted by molar-refractivity contribution is 6.09. The number of nitrogens with zero attached hydrogens (tertiary/aromatic N) is 1. The molecule has 0 fully saturated rings. The molecule has 26 heavy (non-hydrogen) atoms. The van der Waals surface area contributed by atoms with E-state index in [1.807, 2.05) is 45.0 Å². The molecule has 2 N–H and O–H groups in total. The number of hydrogen-bond donors (Lipinski definition) is 2. The first kappa shape index (κ1) is 16.4. The van der Waals surface area contributed by atoms with E-state index >= 15 is 0 Å². The molecular formula is C21H20N2O3. The number of carbonyl (C=O) groups is 1. The Morgan fingerprint density at radius 2 is 1.92 bits per heavy atom. The third-order valence-corrected chi connectivity index (χ3v) is 5.32. The molecule has 5 heteroatoms. The average Bonchev–Trinajstić information content (AvgIpc) is 2.94. The van der Waals surface area contributed by atoms with Gasteiger partial charge in [-0.1, -0.05) is 24.3 Å². The van der Waals surface area contributed by atoms with Crippen LogP contribution in [0.25, 0.3) is 10.9 Å². The molecule has 4 rings (SSSR count). The van der Waals surface area contributed by atoms with Gasteiger partial charge in [-0.05, 0) is 56.0 Å². The first-order valence-corrected chi connectivity index (χ1v) is 8.66. The molecule has 132 valence electrons. The van der Waals surface area contributed by atoms with Crippen LogP contribution < -0.4 is 10.9 Å². The molecule has 1 aromatic heterocycles. The first-order valence-electron chi connectivity index (χ1n) is 8.66. The summed E-state index contributed by atoms with van der Waals surface area (Å²) in [7, 11) is 0. The minimum absolute atomic E-state index is 0.0461. The fourth-order valence-corrected chi connectivity index (χ4v) is 3.80. The second-order valence-electron chi connectivity index (χ2n) is 6.97. The molecule has 0 radical (unpaired) electrons. The fraction of sp³-hybridized carbons (Fsp3) is 0.238. The number of aromatic nitrogens is 1. The third kappa shape index (κ3) is 2.24. The number of amides is 1. The number of hydrogen-bond acceptors (Lipinski definition) is 3. The van der Waals surface area contributed by atoms with Crippen molar-refractivity contribution < 1.29 is 9.90 Å². The van der Waals surface area contributed by atoms with Crippen LogP contribution in [0, 0.1) is 13.8 Å².